The van der Waals surface area contributed by atoms with Crippen molar-refractivity contribution in [1.29, 1.82) is 0 Å². The topological polar surface area (TPSA) is 341 Å². The molecule has 1 unspecified atom stereocenters. The number of ether oxygens (including phenoxy) is 5. The number of hydrogen-bond donors (Lipinski definition) is 13. The fourth-order valence-corrected chi connectivity index (χ4v) is 5.07. The summed E-state index contributed by atoms with van der Waals surface area (Å²) in [6, 6.07) is -2.88. The van der Waals surface area contributed by atoms with E-state index in [2.05, 4.69) is 5.32 Å². The molecule has 0 aromatic heterocycles. The Kier molecular flexibility index (Phi) is 12.1. The van der Waals surface area contributed by atoms with Crippen molar-refractivity contribution >= 4 is 11.9 Å². The van der Waals surface area contributed by atoms with Gasteiger partial charge in [-0.15, -0.1) is 0 Å². The standard InChI is InChI=1S/C23H40N2O18/c1-6(28)25-12-15(33)18(9(4-27)40-20(12)36)42-21-17(35)16(34)14(32)10(41-21)5-39-23(22(37)38)2-7(29)11(24)19(43-23)13(31)8(30)3-26/h7-21,26-27,29-36H,2-5,24H2,1H3,(H,25,28)(H,37,38)/t7-,8+,9+,10+,11+,12+,13+,14-,15+,16-,17+,18+,19+,20?,21-,23+/m0/s1. The van der Waals surface area contributed by atoms with Crippen LogP contribution in [0.5, 0.6) is 0 Å². The number of carbonyl (C=O) groups is 2. The normalized spacial score (nSPS) is 45.3. The van der Waals surface area contributed by atoms with Crippen LogP contribution >= 0.6 is 0 Å². The molecular formula is C23H40N2O18. The maximum Gasteiger partial charge on any atom is 0.364 e. The average molecular weight is 633 g/mol. The molecule has 0 aromatic rings. The second-order valence-corrected chi connectivity index (χ2v) is 10.6. The summed E-state index contributed by atoms with van der Waals surface area (Å²) in [6.07, 6.45) is -24.2. The average Bonchev–Trinajstić information content (AvgIpc) is 2.96. The quantitative estimate of drug-likeness (QED) is 0.100. The first-order valence-corrected chi connectivity index (χ1v) is 13.3. The molecule has 3 aliphatic heterocycles. The molecule has 43 heavy (non-hydrogen) atoms. The van der Waals surface area contributed by atoms with Gasteiger partial charge in [-0.05, 0) is 0 Å². The molecule has 250 valence electrons. The molecular weight excluding hydrogens is 592 g/mol. The largest absolute Gasteiger partial charge is 0.477 e. The van der Waals surface area contributed by atoms with Crippen LogP contribution < -0.4 is 11.1 Å². The fourth-order valence-electron chi connectivity index (χ4n) is 5.07. The van der Waals surface area contributed by atoms with Crippen LogP contribution in [0, 0.1) is 0 Å². The Balaban J connectivity index is 1.79. The molecule has 14 N–H and O–H groups in total. The molecule has 3 heterocycles. The van der Waals surface area contributed by atoms with Gasteiger partial charge in [-0.25, -0.2) is 4.79 Å². The van der Waals surface area contributed by atoms with Crippen LogP contribution in [0.4, 0.5) is 0 Å². The van der Waals surface area contributed by atoms with E-state index >= 15 is 0 Å². The minimum Gasteiger partial charge on any atom is -0.477 e. The summed E-state index contributed by atoms with van der Waals surface area (Å²) in [6.45, 7) is -1.62. The van der Waals surface area contributed by atoms with Crippen LogP contribution in [0.1, 0.15) is 13.3 Å². The summed E-state index contributed by atoms with van der Waals surface area (Å²) in [7, 11) is 0. The molecule has 20 heteroatoms. The van der Waals surface area contributed by atoms with Crippen molar-refractivity contribution < 1.29 is 89.4 Å². The lowest BCUT2D eigenvalue weighted by atomic mass is 9.89. The Hall–Kier alpha value is -1.70. The van der Waals surface area contributed by atoms with Gasteiger partial charge in [0.15, 0.2) is 12.6 Å². The zero-order valence-electron chi connectivity index (χ0n) is 22.8. The fraction of sp³-hybridized carbons (Fsp3) is 0.913. The minimum atomic E-state index is -2.76. The highest BCUT2D eigenvalue weighted by molar-refractivity contribution is 5.76. The molecule has 0 radical (unpaired) electrons. The zero-order valence-corrected chi connectivity index (χ0v) is 22.8. The Morgan fingerprint density at radius 2 is 1.65 bits per heavy atom. The summed E-state index contributed by atoms with van der Waals surface area (Å²) >= 11 is 0. The van der Waals surface area contributed by atoms with E-state index in [-0.39, 0.29) is 0 Å². The van der Waals surface area contributed by atoms with Gasteiger partial charge in [-0.2, -0.15) is 0 Å². The molecule has 0 bridgehead atoms. The van der Waals surface area contributed by atoms with Gasteiger partial charge in [-0.1, -0.05) is 0 Å². The van der Waals surface area contributed by atoms with Gasteiger partial charge in [0.2, 0.25) is 5.91 Å². The number of carbonyl (C=O) groups excluding carboxylic acids is 1. The third-order valence-corrected chi connectivity index (χ3v) is 7.55. The van der Waals surface area contributed by atoms with E-state index in [0.29, 0.717) is 0 Å². The van der Waals surface area contributed by atoms with Crippen LogP contribution in [0.15, 0.2) is 0 Å². The van der Waals surface area contributed by atoms with Gasteiger partial charge >= 0.3 is 5.97 Å². The van der Waals surface area contributed by atoms with Gasteiger partial charge in [0.1, 0.15) is 67.1 Å². The third kappa shape index (κ3) is 7.58. The van der Waals surface area contributed by atoms with Gasteiger partial charge in [0, 0.05) is 13.3 Å². The van der Waals surface area contributed by atoms with Gasteiger partial charge in [-0.3, -0.25) is 4.79 Å². The van der Waals surface area contributed by atoms with E-state index in [1.807, 2.05) is 0 Å². The molecule has 3 rings (SSSR count). The molecule has 0 saturated carbocycles. The summed E-state index contributed by atoms with van der Waals surface area (Å²) in [4.78, 5) is 23.8. The van der Waals surface area contributed by atoms with Crippen LogP contribution in [0.2, 0.25) is 0 Å². The second kappa shape index (κ2) is 14.6. The number of aliphatic hydroxyl groups is 10. The maximum atomic E-state index is 12.2. The molecule has 16 atom stereocenters. The van der Waals surface area contributed by atoms with Crippen molar-refractivity contribution in [3.8, 4) is 0 Å². The van der Waals surface area contributed by atoms with Gasteiger partial charge < -0.3 is 90.9 Å². The van der Waals surface area contributed by atoms with E-state index < -0.39 is 136 Å². The number of carboxylic acid groups (broad SMARTS) is 1. The SMILES string of the molecule is CC(=O)N[C@H]1C(O)O[C@H](CO)[C@@H](O[C@@H]2O[C@H](CO[C@]3(C(=O)O)C[C@H](O)[C@@H](N)[C@H]([C@H](O)[C@H](O)CO)O3)[C@H](O)[C@H](O)[C@H]2O)[C@@H]1O. The van der Waals surface area contributed by atoms with Crippen molar-refractivity contribution in [2.75, 3.05) is 19.8 Å². The van der Waals surface area contributed by atoms with Crippen molar-refractivity contribution in [3.05, 3.63) is 0 Å². The number of hydrogen-bond acceptors (Lipinski definition) is 18. The summed E-state index contributed by atoms with van der Waals surface area (Å²) in [5.41, 5.74) is 5.81. The Labute approximate surface area is 243 Å². The van der Waals surface area contributed by atoms with Crippen LogP contribution in [-0.4, -0.2) is 185 Å². The Morgan fingerprint density at radius 1 is 1.00 bits per heavy atom. The molecule has 0 aromatic carbocycles. The summed E-state index contributed by atoms with van der Waals surface area (Å²) in [5, 5.41) is 114. The molecule has 3 aliphatic rings. The van der Waals surface area contributed by atoms with Gasteiger partial charge in [0.05, 0.1) is 32.0 Å². The molecule has 0 spiro atoms. The molecule has 20 nitrogen and oxygen atoms in total. The van der Waals surface area contributed by atoms with Crippen molar-refractivity contribution in [1.82, 2.24) is 5.32 Å². The number of aliphatic carboxylic acids is 1. The molecule has 3 saturated heterocycles. The number of rotatable bonds is 11. The second-order valence-electron chi connectivity index (χ2n) is 10.6. The first-order valence-electron chi connectivity index (χ1n) is 13.3. The van der Waals surface area contributed by atoms with E-state index in [1.54, 1.807) is 0 Å². The van der Waals surface area contributed by atoms with E-state index in [0.717, 1.165) is 6.92 Å². The molecule has 3 fully saturated rings. The lowest BCUT2D eigenvalue weighted by molar-refractivity contribution is -0.358. The van der Waals surface area contributed by atoms with Crippen molar-refractivity contribution in [2.24, 2.45) is 5.73 Å². The number of amides is 1. The monoisotopic (exact) mass is 632 g/mol. The highest BCUT2D eigenvalue weighted by Gasteiger charge is 2.56. The number of carboxylic acids is 1. The third-order valence-electron chi connectivity index (χ3n) is 7.55. The first-order chi connectivity index (χ1) is 20.1. The highest BCUT2D eigenvalue weighted by atomic mass is 16.8. The van der Waals surface area contributed by atoms with Crippen LogP contribution in [0.25, 0.3) is 0 Å². The lowest BCUT2D eigenvalue weighted by Gasteiger charge is -2.47. The predicted molar refractivity (Wildman–Crippen MR) is 132 cm³/mol. The summed E-state index contributed by atoms with van der Waals surface area (Å²) in [5.74, 6) is -5.25. The van der Waals surface area contributed by atoms with Crippen LogP contribution in [-0.2, 0) is 33.3 Å². The zero-order chi connectivity index (χ0) is 32.4. The van der Waals surface area contributed by atoms with E-state index in [4.69, 9.17) is 34.5 Å². The van der Waals surface area contributed by atoms with Crippen LogP contribution in [0.3, 0.4) is 0 Å². The summed E-state index contributed by atoms with van der Waals surface area (Å²) < 4.78 is 27.0. The lowest BCUT2D eigenvalue weighted by Crippen LogP contribution is -2.68. The number of nitrogens with one attached hydrogen (secondary N) is 1. The highest BCUT2D eigenvalue weighted by Crippen LogP contribution is 2.34. The van der Waals surface area contributed by atoms with Crippen molar-refractivity contribution in [2.45, 2.75) is 111 Å². The minimum absolute atomic E-state index is 0.665. The maximum absolute atomic E-state index is 12.2. The molecule has 1 amide bonds. The van der Waals surface area contributed by atoms with Crippen molar-refractivity contribution in [3.63, 3.8) is 0 Å². The molecule has 0 aliphatic carbocycles. The Morgan fingerprint density at radius 3 is 2.21 bits per heavy atom. The predicted octanol–water partition coefficient (Wildman–Crippen LogP) is -8.26. The van der Waals surface area contributed by atoms with E-state index in [1.165, 1.54) is 0 Å². The Bertz CT molecular complexity index is 948. The van der Waals surface area contributed by atoms with Gasteiger partial charge in [0.25, 0.3) is 5.79 Å². The first kappa shape index (κ1) is 35.8. The smallest absolute Gasteiger partial charge is 0.364 e. The number of nitrogens with two attached hydrogens (primary N) is 1. The van der Waals surface area contributed by atoms with E-state index in [9.17, 15) is 60.7 Å². The number of aliphatic hydroxyl groups excluding tert-OH is 10.